The van der Waals surface area contributed by atoms with Crippen molar-refractivity contribution in [2.45, 2.75) is 0 Å². The molecule has 0 saturated heterocycles. The van der Waals surface area contributed by atoms with E-state index in [0.29, 0.717) is 6.54 Å². The van der Waals surface area contributed by atoms with Crippen molar-refractivity contribution in [3.8, 4) is 0 Å². The number of hydrogen-bond donors (Lipinski definition) is 2. The molecule has 0 radical (unpaired) electrons. The molecule has 9 heavy (non-hydrogen) atoms. The molecule has 0 aromatic rings. The predicted molar refractivity (Wildman–Crippen MR) is 35.8 cm³/mol. The lowest BCUT2D eigenvalue weighted by Crippen LogP contribution is -2.40. The first kappa shape index (κ1) is 8.39. The Morgan fingerprint density at radius 3 is 2.44 bits per heavy atom. The maximum atomic E-state index is 10.6. The van der Waals surface area contributed by atoms with Gasteiger partial charge >= 0.3 is 0 Å². The van der Waals surface area contributed by atoms with Gasteiger partial charge in [0.15, 0.2) is 0 Å². The number of hydrogen-bond acceptors (Lipinski definition) is 3. The fraction of sp³-hybridized carbons (Fsp3) is 0.800. The summed E-state index contributed by atoms with van der Waals surface area (Å²) in [5, 5.41) is 4.34. The van der Waals surface area contributed by atoms with Gasteiger partial charge in [-0.15, -0.1) is 0 Å². The Morgan fingerprint density at radius 1 is 1.56 bits per heavy atom. The predicted octanol–water partition coefficient (Wildman–Crippen LogP) is -1.20. The number of likely N-dealkylation sites (N-methyl/N-ethyl adjacent to an activating group) is 1. The third kappa shape index (κ3) is 5.26. The summed E-state index contributed by atoms with van der Waals surface area (Å²) in [6.07, 6.45) is 0. The largest absolute Gasteiger partial charge is 0.311 e. The lowest BCUT2D eigenvalue weighted by atomic mass is 10.6. The lowest BCUT2D eigenvalue weighted by Gasteiger charge is -2.10. The SMILES string of the molecule is CNCC(=O)NN(C)C. The highest BCUT2D eigenvalue weighted by Gasteiger charge is 1.96. The van der Waals surface area contributed by atoms with Gasteiger partial charge in [0.05, 0.1) is 6.54 Å². The zero-order valence-corrected chi connectivity index (χ0v) is 6.06. The van der Waals surface area contributed by atoms with Crippen LogP contribution in [0.3, 0.4) is 0 Å². The van der Waals surface area contributed by atoms with Crippen LogP contribution in [0.2, 0.25) is 0 Å². The van der Waals surface area contributed by atoms with Crippen LogP contribution in [0, 0.1) is 0 Å². The maximum absolute atomic E-state index is 10.6. The molecule has 0 unspecified atom stereocenters. The van der Waals surface area contributed by atoms with E-state index in [4.69, 9.17) is 0 Å². The van der Waals surface area contributed by atoms with Gasteiger partial charge < -0.3 is 5.32 Å². The zero-order chi connectivity index (χ0) is 7.28. The molecule has 2 N–H and O–H groups in total. The number of nitrogens with one attached hydrogen (secondary N) is 2. The monoisotopic (exact) mass is 131 g/mol. The highest BCUT2D eigenvalue weighted by atomic mass is 16.2. The third-order valence-electron chi connectivity index (χ3n) is 0.686. The van der Waals surface area contributed by atoms with Gasteiger partial charge in [-0.25, -0.2) is 5.01 Å². The summed E-state index contributed by atoms with van der Waals surface area (Å²) in [6.45, 7) is 0.359. The Hall–Kier alpha value is -0.610. The summed E-state index contributed by atoms with van der Waals surface area (Å²) in [6, 6.07) is 0. The van der Waals surface area contributed by atoms with Gasteiger partial charge in [-0.2, -0.15) is 0 Å². The van der Waals surface area contributed by atoms with Crippen LogP contribution in [0.4, 0.5) is 0 Å². The fourth-order valence-electron chi connectivity index (χ4n) is 0.449. The van der Waals surface area contributed by atoms with Crippen molar-refractivity contribution in [1.29, 1.82) is 0 Å². The molecule has 0 fully saturated rings. The summed E-state index contributed by atoms with van der Waals surface area (Å²) in [4.78, 5) is 10.6. The molecular formula is C5H13N3O. The molecule has 0 aliphatic heterocycles. The Labute approximate surface area is 55.2 Å². The van der Waals surface area contributed by atoms with E-state index in [9.17, 15) is 4.79 Å². The molecule has 4 nitrogen and oxygen atoms in total. The number of amides is 1. The minimum Gasteiger partial charge on any atom is -0.311 e. The van der Waals surface area contributed by atoms with Gasteiger partial charge in [0.25, 0.3) is 0 Å². The smallest absolute Gasteiger partial charge is 0.248 e. The summed E-state index contributed by atoms with van der Waals surface area (Å²) in [5.74, 6) is -0.0255. The second-order valence-corrected chi connectivity index (χ2v) is 1.96. The minimum atomic E-state index is -0.0255. The van der Waals surface area contributed by atoms with Crippen LogP contribution in [0.25, 0.3) is 0 Å². The molecule has 0 aliphatic rings. The Balaban J connectivity index is 3.27. The second kappa shape index (κ2) is 4.29. The van der Waals surface area contributed by atoms with Gasteiger partial charge in [-0.3, -0.25) is 10.2 Å². The van der Waals surface area contributed by atoms with Crippen LogP contribution in [0.1, 0.15) is 0 Å². The van der Waals surface area contributed by atoms with Gasteiger partial charge in [0.1, 0.15) is 0 Å². The van der Waals surface area contributed by atoms with E-state index in [1.807, 2.05) is 0 Å². The molecule has 4 heteroatoms. The summed E-state index contributed by atoms with van der Waals surface area (Å²) in [5.41, 5.74) is 2.58. The molecule has 0 spiro atoms. The van der Waals surface area contributed by atoms with Crippen molar-refractivity contribution in [3.63, 3.8) is 0 Å². The van der Waals surface area contributed by atoms with Crippen LogP contribution < -0.4 is 10.7 Å². The summed E-state index contributed by atoms with van der Waals surface area (Å²) >= 11 is 0. The van der Waals surface area contributed by atoms with E-state index in [0.717, 1.165) is 0 Å². The minimum absolute atomic E-state index is 0.0255. The first-order valence-corrected chi connectivity index (χ1v) is 2.78. The molecule has 0 bridgehead atoms. The fourth-order valence-corrected chi connectivity index (χ4v) is 0.449. The van der Waals surface area contributed by atoms with E-state index >= 15 is 0 Å². The van der Waals surface area contributed by atoms with Crippen LogP contribution in [-0.4, -0.2) is 38.6 Å². The first-order chi connectivity index (χ1) is 4.16. The van der Waals surface area contributed by atoms with Crippen molar-refractivity contribution in [3.05, 3.63) is 0 Å². The van der Waals surface area contributed by atoms with Crippen LogP contribution in [0.5, 0.6) is 0 Å². The van der Waals surface area contributed by atoms with Gasteiger partial charge in [0, 0.05) is 14.1 Å². The van der Waals surface area contributed by atoms with E-state index < -0.39 is 0 Å². The Bertz CT molecular complexity index is 92.2. The van der Waals surface area contributed by atoms with Gasteiger partial charge in [0.2, 0.25) is 5.91 Å². The maximum Gasteiger partial charge on any atom is 0.248 e. The number of carbonyl (C=O) groups excluding carboxylic acids is 1. The number of nitrogens with zero attached hydrogens (tertiary/aromatic N) is 1. The van der Waals surface area contributed by atoms with Gasteiger partial charge in [-0.05, 0) is 7.05 Å². The van der Waals surface area contributed by atoms with E-state index in [2.05, 4.69) is 10.7 Å². The van der Waals surface area contributed by atoms with Crippen molar-refractivity contribution < 1.29 is 4.79 Å². The van der Waals surface area contributed by atoms with E-state index in [1.165, 1.54) is 0 Å². The number of carbonyl (C=O) groups is 1. The van der Waals surface area contributed by atoms with Crippen molar-refractivity contribution in [1.82, 2.24) is 15.8 Å². The van der Waals surface area contributed by atoms with E-state index in [-0.39, 0.29) is 5.91 Å². The molecule has 0 saturated carbocycles. The summed E-state index contributed by atoms with van der Waals surface area (Å²) < 4.78 is 0. The standard InChI is InChI=1S/C5H13N3O/c1-6-4-5(9)7-8(2)3/h6H,4H2,1-3H3,(H,7,9). The van der Waals surface area contributed by atoms with E-state index in [1.54, 1.807) is 26.2 Å². The molecule has 0 heterocycles. The van der Waals surface area contributed by atoms with Crippen molar-refractivity contribution in [2.75, 3.05) is 27.7 Å². The summed E-state index contributed by atoms with van der Waals surface area (Å²) in [7, 11) is 5.27. The first-order valence-electron chi connectivity index (χ1n) is 2.78. The average Bonchev–Trinajstić information content (AvgIpc) is 1.63. The Morgan fingerprint density at radius 2 is 2.11 bits per heavy atom. The second-order valence-electron chi connectivity index (χ2n) is 1.96. The highest BCUT2D eigenvalue weighted by Crippen LogP contribution is 1.64. The normalized spacial score (nSPS) is 9.78. The van der Waals surface area contributed by atoms with Gasteiger partial charge in [-0.1, -0.05) is 0 Å². The topological polar surface area (TPSA) is 44.4 Å². The number of hydrazine groups is 1. The van der Waals surface area contributed by atoms with Crippen LogP contribution >= 0.6 is 0 Å². The molecule has 54 valence electrons. The molecule has 0 rings (SSSR count). The molecule has 0 aromatic heterocycles. The molecule has 0 aliphatic carbocycles. The lowest BCUT2D eigenvalue weighted by molar-refractivity contribution is -0.123. The quantitative estimate of drug-likeness (QED) is 0.473. The van der Waals surface area contributed by atoms with Crippen LogP contribution in [0.15, 0.2) is 0 Å². The molecule has 1 amide bonds. The Kier molecular flexibility index (Phi) is 4.00. The molecule has 0 aromatic carbocycles. The average molecular weight is 131 g/mol. The third-order valence-corrected chi connectivity index (χ3v) is 0.686. The highest BCUT2D eigenvalue weighted by molar-refractivity contribution is 5.77. The zero-order valence-electron chi connectivity index (χ0n) is 6.06. The van der Waals surface area contributed by atoms with Crippen molar-refractivity contribution >= 4 is 5.91 Å². The molecule has 0 atom stereocenters. The van der Waals surface area contributed by atoms with Crippen LogP contribution in [-0.2, 0) is 4.79 Å². The number of rotatable bonds is 3. The molecular weight excluding hydrogens is 118 g/mol. The van der Waals surface area contributed by atoms with Crippen molar-refractivity contribution in [2.24, 2.45) is 0 Å².